The molecular formula is C12H20N4O2. The molecule has 2 rings (SSSR count). The summed E-state index contributed by atoms with van der Waals surface area (Å²) in [6.07, 6.45) is 1.44. The number of nitrogens with zero attached hydrogens (tertiary/aromatic N) is 3. The molecule has 1 saturated heterocycles. The normalized spacial score (nSPS) is 16.3. The number of oxazole rings is 1. The maximum absolute atomic E-state index is 12.0. The number of hydrogen-bond acceptors (Lipinski definition) is 5. The van der Waals surface area contributed by atoms with E-state index in [2.05, 4.69) is 10.3 Å². The van der Waals surface area contributed by atoms with Gasteiger partial charge in [0.1, 0.15) is 5.76 Å². The summed E-state index contributed by atoms with van der Waals surface area (Å²) in [5.74, 6) is 0.997. The average molecular weight is 252 g/mol. The molecule has 0 radical (unpaired) electrons. The molecule has 0 aliphatic carbocycles. The fourth-order valence-corrected chi connectivity index (χ4v) is 2.04. The Balaban J connectivity index is 1.81. The van der Waals surface area contributed by atoms with Crippen LogP contribution in [0.1, 0.15) is 11.5 Å². The van der Waals surface area contributed by atoms with E-state index >= 15 is 0 Å². The number of nitrogens with one attached hydrogen (secondary N) is 1. The predicted octanol–water partition coefficient (Wildman–Crippen LogP) is -0.153. The molecule has 1 aliphatic rings. The molecule has 1 fully saturated rings. The lowest BCUT2D eigenvalue weighted by atomic mass is 10.3. The Bertz CT molecular complexity index is 399. The van der Waals surface area contributed by atoms with Gasteiger partial charge in [0.15, 0.2) is 6.39 Å². The highest BCUT2D eigenvalue weighted by Gasteiger charge is 2.18. The predicted molar refractivity (Wildman–Crippen MR) is 67.0 cm³/mol. The highest BCUT2D eigenvalue weighted by molar-refractivity contribution is 5.78. The van der Waals surface area contributed by atoms with Gasteiger partial charge < -0.3 is 14.6 Å². The van der Waals surface area contributed by atoms with Crippen LogP contribution in [0.4, 0.5) is 0 Å². The lowest BCUT2D eigenvalue weighted by Crippen LogP contribution is -2.49. The average Bonchev–Trinajstić information content (AvgIpc) is 2.76. The fourth-order valence-electron chi connectivity index (χ4n) is 2.04. The number of hydrogen-bond donors (Lipinski definition) is 1. The van der Waals surface area contributed by atoms with Crippen LogP contribution in [0.2, 0.25) is 0 Å². The monoisotopic (exact) mass is 252 g/mol. The first-order chi connectivity index (χ1) is 8.66. The second kappa shape index (κ2) is 5.97. The van der Waals surface area contributed by atoms with E-state index in [0.29, 0.717) is 13.1 Å². The van der Waals surface area contributed by atoms with E-state index in [0.717, 1.165) is 37.6 Å². The molecule has 1 N–H and O–H groups in total. The van der Waals surface area contributed by atoms with Crippen molar-refractivity contribution in [2.75, 3.05) is 39.8 Å². The van der Waals surface area contributed by atoms with E-state index in [9.17, 15) is 4.79 Å². The summed E-state index contributed by atoms with van der Waals surface area (Å²) in [6, 6.07) is 0. The molecule has 1 aromatic heterocycles. The van der Waals surface area contributed by atoms with Crippen molar-refractivity contribution in [1.29, 1.82) is 0 Å². The summed E-state index contributed by atoms with van der Waals surface area (Å²) >= 11 is 0. The topological polar surface area (TPSA) is 61.6 Å². The third-order valence-electron chi connectivity index (χ3n) is 3.14. The quantitative estimate of drug-likeness (QED) is 0.807. The molecule has 2 heterocycles. The third-order valence-corrected chi connectivity index (χ3v) is 3.14. The summed E-state index contributed by atoms with van der Waals surface area (Å²) in [5.41, 5.74) is 0.894. The van der Waals surface area contributed by atoms with Crippen LogP contribution in [-0.2, 0) is 11.3 Å². The Morgan fingerprint density at radius 1 is 1.56 bits per heavy atom. The molecule has 18 heavy (non-hydrogen) atoms. The van der Waals surface area contributed by atoms with E-state index in [4.69, 9.17) is 4.42 Å². The Morgan fingerprint density at radius 2 is 2.28 bits per heavy atom. The van der Waals surface area contributed by atoms with Crippen molar-refractivity contribution in [3.63, 3.8) is 0 Å². The van der Waals surface area contributed by atoms with Gasteiger partial charge in [-0.05, 0) is 14.0 Å². The van der Waals surface area contributed by atoms with Crippen LogP contribution in [0.15, 0.2) is 10.8 Å². The van der Waals surface area contributed by atoms with E-state index in [1.54, 1.807) is 0 Å². The fraction of sp³-hybridized carbons (Fsp3) is 0.667. The van der Waals surface area contributed by atoms with E-state index in [1.807, 2.05) is 23.8 Å². The molecule has 0 saturated carbocycles. The van der Waals surface area contributed by atoms with Crippen molar-refractivity contribution >= 4 is 5.91 Å². The zero-order valence-corrected chi connectivity index (χ0v) is 11.0. The minimum atomic E-state index is 0.181. The molecule has 0 unspecified atom stereocenters. The molecule has 6 nitrogen and oxygen atoms in total. The molecule has 0 spiro atoms. The van der Waals surface area contributed by atoms with Gasteiger partial charge in [-0.2, -0.15) is 0 Å². The van der Waals surface area contributed by atoms with Crippen molar-refractivity contribution in [2.45, 2.75) is 13.5 Å². The standard InChI is InChI=1S/C12H20N4O2/c1-10-11(14-9-18-10)7-15(2)8-12(17)16-5-3-13-4-6-16/h9,13H,3-8H2,1-2H3. The highest BCUT2D eigenvalue weighted by atomic mass is 16.3. The number of likely N-dealkylation sites (N-methyl/N-ethyl adjacent to an activating group) is 1. The van der Waals surface area contributed by atoms with Crippen LogP contribution in [0.3, 0.4) is 0 Å². The number of piperazine rings is 1. The minimum absolute atomic E-state index is 0.181. The minimum Gasteiger partial charge on any atom is -0.448 e. The number of rotatable bonds is 4. The summed E-state index contributed by atoms with van der Waals surface area (Å²) in [4.78, 5) is 20.0. The van der Waals surface area contributed by atoms with Crippen LogP contribution in [0.5, 0.6) is 0 Å². The second-order valence-electron chi connectivity index (χ2n) is 4.66. The third kappa shape index (κ3) is 3.30. The second-order valence-corrected chi connectivity index (χ2v) is 4.66. The van der Waals surface area contributed by atoms with E-state index in [-0.39, 0.29) is 5.91 Å². The highest BCUT2D eigenvalue weighted by Crippen LogP contribution is 2.07. The SMILES string of the molecule is Cc1ocnc1CN(C)CC(=O)N1CCNCC1. The van der Waals surface area contributed by atoms with Crippen molar-refractivity contribution in [3.05, 3.63) is 17.8 Å². The molecule has 1 aromatic rings. The molecule has 0 atom stereocenters. The Labute approximate surface area is 107 Å². The molecule has 6 heteroatoms. The lowest BCUT2D eigenvalue weighted by molar-refractivity contribution is -0.132. The van der Waals surface area contributed by atoms with Crippen molar-refractivity contribution in [3.8, 4) is 0 Å². The molecule has 1 aliphatic heterocycles. The zero-order valence-electron chi connectivity index (χ0n) is 11.0. The van der Waals surface area contributed by atoms with E-state index < -0.39 is 0 Å². The Hall–Kier alpha value is -1.40. The van der Waals surface area contributed by atoms with Crippen LogP contribution >= 0.6 is 0 Å². The van der Waals surface area contributed by atoms with Crippen molar-refractivity contribution in [1.82, 2.24) is 20.1 Å². The van der Waals surface area contributed by atoms with Crippen LogP contribution < -0.4 is 5.32 Å². The Kier molecular flexibility index (Phi) is 4.33. The van der Waals surface area contributed by atoms with Gasteiger partial charge in [-0.25, -0.2) is 4.98 Å². The largest absolute Gasteiger partial charge is 0.448 e. The first-order valence-corrected chi connectivity index (χ1v) is 6.23. The lowest BCUT2D eigenvalue weighted by Gasteiger charge is -2.29. The molecule has 0 aromatic carbocycles. The summed E-state index contributed by atoms with van der Waals surface area (Å²) < 4.78 is 5.15. The van der Waals surface area contributed by atoms with Gasteiger partial charge in [-0.3, -0.25) is 9.69 Å². The maximum atomic E-state index is 12.0. The van der Waals surface area contributed by atoms with Crippen molar-refractivity contribution < 1.29 is 9.21 Å². The van der Waals surface area contributed by atoms with E-state index in [1.165, 1.54) is 6.39 Å². The van der Waals surface area contributed by atoms with Gasteiger partial charge in [0.2, 0.25) is 5.91 Å². The van der Waals surface area contributed by atoms with Gasteiger partial charge in [0.05, 0.1) is 12.2 Å². The zero-order chi connectivity index (χ0) is 13.0. The number of carbonyl (C=O) groups is 1. The summed E-state index contributed by atoms with van der Waals surface area (Å²) in [7, 11) is 1.92. The van der Waals surface area contributed by atoms with Crippen LogP contribution in [0.25, 0.3) is 0 Å². The molecule has 0 bridgehead atoms. The maximum Gasteiger partial charge on any atom is 0.236 e. The summed E-state index contributed by atoms with van der Waals surface area (Å²) in [5, 5.41) is 3.24. The number of amides is 1. The van der Waals surface area contributed by atoms with Crippen LogP contribution in [-0.4, -0.2) is 60.5 Å². The first-order valence-electron chi connectivity index (χ1n) is 6.23. The van der Waals surface area contributed by atoms with Gasteiger partial charge >= 0.3 is 0 Å². The van der Waals surface area contributed by atoms with Gasteiger partial charge in [-0.15, -0.1) is 0 Å². The number of aryl methyl sites for hydroxylation is 1. The number of carbonyl (C=O) groups excluding carboxylic acids is 1. The van der Waals surface area contributed by atoms with Gasteiger partial charge in [0, 0.05) is 32.7 Å². The first kappa shape index (κ1) is 13.0. The number of aromatic nitrogens is 1. The molecule has 100 valence electrons. The summed E-state index contributed by atoms with van der Waals surface area (Å²) in [6.45, 7) is 6.32. The van der Waals surface area contributed by atoms with Gasteiger partial charge in [0.25, 0.3) is 0 Å². The smallest absolute Gasteiger partial charge is 0.236 e. The van der Waals surface area contributed by atoms with Crippen LogP contribution in [0, 0.1) is 6.92 Å². The van der Waals surface area contributed by atoms with Crippen molar-refractivity contribution in [2.24, 2.45) is 0 Å². The van der Waals surface area contributed by atoms with Gasteiger partial charge in [-0.1, -0.05) is 0 Å². The molecule has 1 amide bonds. The molecular weight excluding hydrogens is 232 g/mol. The Morgan fingerprint density at radius 3 is 2.89 bits per heavy atom.